The molecule has 0 aromatic heterocycles. The van der Waals surface area contributed by atoms with Crippen molar-refractivity contribution in [3.8, 4) is 11.1 Å². The number of carbonyl (C=O) groups excluding carboxylic acids is 1. The minimum atomic E-state index is -3.49. The van der Waals surface area contributed by atoms with E-state index >= 15 is 0 Å². The van der Waals surface area contributed by atoms with Crippen LogP contribution in [0.4, 0.5) is 0 Å². The molecule has 30 heavy (non-hydrogen) atoms. The van der Waals surface area contributed by atoms with E-state index in [-0.39, 0.29) is 10.5 Å². The molecule has 3 rings (SSSR count). The summed E-state index contributed by atoms with van der Waals surface area (Å²) < 4.78 is 24.0. The molecule has 0 bridgehead atoms. The highest BCUT2D eigenvalue weighted by Crippen LogP contribution is 2.24. The van der Waals surface area contributed by atoms with Crippen molar-refractivity contribution in [2.75, 3.05) is 20.4 Å². The molecule has 0 unspecified atom stereocenters. The summed E-state index contributed by atoms with van der Waals surface area (Å²) in [5.74, 6) is -0.410. The number of nitrogens with zero attached hydrogens (tertiary/aromatic N) is 1. The van der Waals surface area contributed by atoms with Crippen molar-refractivity contribution in [3.63, 3.8) is 0 Å². The Morgan fingerprint density at radius 1 is 0.900 bits per heavy atom. The summed E-state index contributed by atoms with van der Waals surface area (Å²) in [5.41, 5.74) is 4.45. The lowest BCUT2D eigenvalue weighted by molar-refractivity contribution is 0.0947. The summed E-state index contributed by atoms with van der Waals surface area (Å²) in [6.07, 6.45) is 1.11. The molecule has 0 saturated carbocycles. The van der Waals surface area contributed by atoms with Crippen LogP contribution in [0.3, 0.4) is 0 Å². The van der Waals surface area contributed by atoms with Gasteiger partial charge in [-0.15, -0.1) is 0 Å². The van der Waals surface area contributed by atoms with Crippen molar-refractivity contribution in [1.29, 1.82) is 0 Å². The van der Waals surface area contributed by atoms with Crippen molar-refractivity contribution in [3.05, 3.63) is 89.5 Å². The van der Waals surface area contributed by atoms with E-state index < -0.39 is 15.7 Å². The number of rotatable bonds is 7. The smallest absolute Gasteiger partial charge is 0.252 e. The Morgan fingerprint density at radius 3 is 2.20 bits per heavy atom. The predicted molar refractivity (Wildman–Crippen MR) is 120 cm³/mol. The highest BCUT2D eigenvalue weighted by Gasteiger charge is 2.18. The van der Waals surface area contributed by atoms with Crippen molar-refractivity contribution in [2.24, 2.45) is 0 Å². The van der Waals surface area contributed by atoms with E-state index in [1.165, 1.54) is 17.7 Å². The first-order chi connectivity index (χ1) is 14.3. The van der Waals surface area contributed by atoms with Gasteiger partial charge in [0.15, 0.2) is 9.84 Å². The number of amides is 1. The van der Waals surface area contributed by atoms with Gasteiger partial charge in [-0.25, -0.2) is 8.42 Å². The number of hydrogen-bond donors (Lipinski definition) is 1. The molecule has 3 aromatic carbocycles. The van der Waals surface area contributed by atoms with Crippen LogP contribution < -0.4 is 5.32 Å². The maximum absolute atomic E-state index is 12.7. The Kier molecular flexibility index (Phi) is 6.70. The standard InChI is InChI=1S/C24H26N2O3S/c1-26(2)17-18-12-14-19(15-13-18)21-9-5-4-8-20(21)16-25-24(27)22-10-6-7-11-23(22)30(3,28)29/h4-15H,16-17H2,1-3H3,(H,25,27). The largest absolute Gasteiger partial charge is 0.348 e. The Hall–Kier alpha value is -2.96. The second kappa shape index (κ2) is 9.24. The van der Waals surface area contributed by atoms with Crippen molar-refractivity contribution >= 4 is 15.7 Å². The number of hydrogen-bond acceptors (Lipinski definition) is 4. The van der Waals surface area contributed by atoms with Crippen LogP contribution in [-0.4, -0.2) is 39.6 Å². The summed E-state index contributed by atoms with van der Waals surface area (Å²) in [7, 11) is 0.581. The van der Waals surface area contributed by atoms with Gasteiger partial charge in [0.05, 0.1) is 10.5 Å². The van der Waals surface area contributed by atoms with Gasteiger partial charge < -0.3 is 10.2 Å². The van der Waals surface area contributed by atoms with E-state index in [4.69, 9.17) is 0 Å². The molecule has 0 atom stereocenters. The second-order valence-corrected chi connectivity index (χ2v) is 9.53. The van der Waals surface area contributed by atoms with E-state index in [1.807, 2.05) is 38.4 Å². The van der Waals surface area contributed by atoms with Gasteiger partial charge in [0.1, 0.15) is 0 Å². The SMILES string of the molecule is CN(C)Cc1ccc(-c2ccccc2CNC(=O)c2ccccc2S(C)(=O)=O)cc1. The van der Waals surface area contributed by atoms with Crippen LogP contribution >= 0.6 is 0 Å². The van der Waals surface area contributed by atoms with Gasteiger partial charge >= 0.3 is 0 Å². The zero-order valence-corrected chi connectivity index (χ0v) is 18.2. The quantitative estimate of drug-likeness (QED) is 0.630. The molecule has 5 nitrogen and oxygen atoms in total. The van der Waals surface area contributed by atoms with Crippen molar-refractivity contribution in [2.45, 2.75) is 18.0 Å². The average molecular weight is 423 g/mol. The molecule has 0 aliphatic carbocycles. The minimum Gasteiger partial charge on any atom is -0.348 e. The third-order valence-electron chi connectivity index (χ3n) is 4.75. The van der Waals surface area contributed by atoms with Crippen LogP contribution in [-0.2, 0) is 22.9 Å². The van der Waals surface area contributed by atoms with Crippen molar-refractivity contribution in [1.82, 2.24) is 10.2 Å². The van der Waals surface area contributed by atoms with Crippen LogP contribution in [0.5, 0.6) is 0 Å². The molecule has 156 valence electrons. The Labute approximate surface area is 178 Å². The first-order valence-electron chi connectivity index (χ1n) is 9.65. The fraction of sp³-hybridized carbons (Fsp3) is 0.208. The molecule has 3 aromatic rings. The molecule has 0 aliphatic heterocycles. The van der Waals surface area contributed by atoms with Crippen molar-refractivity contribution < 1.29 is 13.2 Å². The maximum Gasteiger partial charge on any atom is 0.252 e. The molecule has 1 amide bonds. The third kappa shape index (κ3) is 5.34. The van der Waals surface area contributed by atoms with E-state index in [1.54, 1.807) is 12.1 Å². The Morgan fingerprint density at radius 2 is 1.53 bits per heavy atom. The molecular weight excluding hydrogens is 396 g/mol. The lowest BCUT2D eigenvalue weighted by Gasteiger charge is -2.14. The normalized spacial score (nSPS) is 11.5. The van der Waals surface area contributed by atoms with Crippen LogP contribution in [0.2, 0.25) is 0 Å². The van der Waals surface area contributed by atoms with Crippen LogP contribution in [0.1, 0.15) is 21.5 Å². The fourth-order valence-corrected chi connectivity index (χ4v) is 4.25. The van der Waals surface area contributed by atoms with Gasteiger partial charge in [0, 0.05) is 19.3 Å². The van der Waals surface area contributed by atoms with Crippen LogP contribution in [0, 0.1) is 0 Å². The molecule has 0 saturated heterocycles. The average Bonchev–Trinajstić information content (AvgIpc) is 2.72. The monoisotopic (exact) mass is 422 g/mol. The van der Waals surface area contributed by atoms with Crippen LogP contribution in [0.15, 0.2) is 77.7 Å². The Balaban J connectivity index is 1.80. The molecule has 0 spiro atoms. The Bertz CT molecular complexity index is 1140. The minimum absolute atomic E-state index is 0.0345. The first-order valence-corrected chi connectivity index (χ1v) is 11.5. The summed E-state index contributed by atoms with van der Waals surface area (Å²) in [6.45, 7) is 1.17. The molecule has 0 aliphatic rings. The topological polar surface area (TPSA) is 66.5 Å². The number of nitrogens with one attached hydrogen (secondary N) is 1. The van der Waals surface area contributed by atoms with E-state index in [9.17, 15) is 13.2 Å². The van der Waals surface area contributed by atoms with Gasteiger partial charge in [0.2, 0.25) is 0 Å². The first kappa shape index (κ1) is 21.7. The summed E-state index contributed by atoms with van der Waals surface area (Å²) in [5, 5.41) is 2.87. The summed E-state index contributed by atoms with van der Waals surface area (Å²) in [6, 6.07) is 22.5. The van der Waals surface area contributed by atoms with Gasteiger partial charge in [-0.2, -0.15) is 0 Å². The number of sulfone groups is 1. The maximum atomic E-state index is 12.7. The van der Waals surface area contributed by atoms with Gasteiger partial charge in [-0.3, -0.25) is 4.79 Å². The lowest BCUT2D eigenvalue weighted by Crippen LogP contribution is -2.25. The molecule has 1 N–H and O–H groups in total. The zero-order valence-electron chi connectivity index (χ0n) is 17.4. The third-order valence-corrected chi connectivity index (χ3v) is 5.91. The second-order valence-electron chi connectivity index (χ2n) is 7.54. The van der Waals surface area contributed by atoms with E-state index in [0.29, 0.717) is 6.54 Å². The molecule has 6 heteroatoms. The fourth-order valence-electron chi connectivity index (χ4n) is 3.36. The summed E-state index contributed by atoms with van der Waals surface area (Å²) >= 11 is 0. The molecule has 0 radical (unpaired) electrons. The van der Waals surface area contributed by atoms with Crippen LogP contribution in [0.25, 0.3) is 11.1 Å². The molecular formula is C24H26N2O3S. The van der Waals surface area contributed by atoms with E-state index in [2.05, 4.69) is 34.5 Å². The highest BCUT2D eigenvalue weighted by atomic mass is 32.2. The lowest BCUT2D eigenvalue weighted by atomic mass is 9.98. The zero-order chi connectivity index (χ0) is 21.7. The van der Waals surface area contributed by atoms with Gasteiger partial charge in [-0.05, 0) is 48.5 Å². The predicted octanol–water partition coefficient (Wildman–Crippen LogP) is 3.75. The van der Waals surface area contributed by atoms with E-state index in [0.717, 1.165) is 29.5 Å². The molecule has 0 heterocycles. The number of benzene rings is 3. The molecule has 0 fully saturated rings. The van der Waals surface area contributed by atoms with Gasteiger partial charge in [0.25, 0.3) is 5.91 Å². The summed E-state index contributed by atoms with van der Waals surface area (Å²) in [4.78, 5) is 14.9. The number of carbonyl (C=O) groups is 1. The van der Waals surface area contributed by atoms with Gasteiger partial charge in [-0.1, -0.05) is 60.7 Å². The highest BCUT2D eigenvalue weighted by molar-refractivity contribution is 7.90.